The Labute approximate surface area is 102 Å². The molecule has 16 heavy (non-hydrogen) atoms. The Bertz CT molecular complexity index is 176. The highest BCUT2D eigenvalue weighted by Crippen LogP contribution is 2.20. The first-order valence-corrected chi connectivity index (χ1v) is 7.14. The molecule has 1 N–H and O–H groups in total. The van der Waals surface area contributed by atoms with E-state index >= 15 is 0 Å². The first kappa shape index (κ1) is 14.0. The van der Waals surface area contributed by atoms with Crippen molar-refractivity contribution in [2.24, 2.45) is 5.92 Å². The first-order chi connectivity index (χ1) is 7.67. The van der Waals surface area contributed by atoms with E-state index < -0.39 is 0 Å². The highest BCUT2D eigenvalue weighted by atomic mass is 15.2. The van der Waals surface area contributed by atoms with Gasteiger partial charge < -0.3 is 5.32 Å². The summed E-state index contributed by atoms with van der Waals surface area (Å²) in [5, 5.41) is 3.59. The first-order valence-electron chi connectivity index (χ1n) is 7.14. The standard InChI is InChI=1S/C14H30N2/c1-5-13(6-2)11-16-9-7-8-14(16)10-15-12(3)4/h12-15H,5-11H2,1-4H3. The largest absolute Gasteiger partial charge is 0.313 e. The molecule has 1 fully saturated rings. The van der Waals surface area contributed by atoms with Gasteiger partial charge in [-0.15, -0.1) is 0 Å². The van der Waals surface area contributed by atoms with Crippen molar-refractivity contribution in [3.05, 3.63) is 0 Å². The molecule has 1 heterocycles. The number of nitrogens with zero attached hydrogens (tertiary/aromatic N) is 1. The van der Waals surface area contributed by atoms with Gasteiger partial charge in [-0.3, -0.25) is 4.90 Å². The van der Waals surface area contributed by atoms with Gasteiger partial charge in [0.15, 0.2) is 0 Å². The van der Waals surface area contributed by atoms with E-state index in [9.17, 15) is 0 Å². The van der Waals surface area contributed by atoms with Gasteiger partial charge in [-0.1, -0.05) is 40.5 Å². The van der Waals surface area contributed by atoms with Gasteiger partial charge in [0.25, 0.3) is 0 Å². The van der Waals surface area contributed by atoms with Crippen LogP contribution >= 0.6 is 0 Å². The summed E-state index contributed by atoms with van der Waals surface area (Å²) in [6.45, 7) is 12.9. The normalized spacial score (nSPS) is 22.5. The van der Waals surface area contributed by atoms with Gasteiger partial charge in [-0.25, -0.2) is 0 Å². The number of hydrogen-bond acceptors (Lipinski definition) is 2. The van der Waals surface area contributed by atoms with Crippen molar-refractivity contribution >= 4 is 0 Å². The highest BCUT2D eigenvalue weighted by molar-refractivity contribution is 4.82. The molecule has 0 radical (unpaired) electrons. The minimum atomic E-state index is 0.621. The lowest BCUT2D eigenvalue weighted by Gasteiger charge is -2.28. The summed E-state index contributed by atoms with van der Waals surface area (Å²) in [6, 6.07) is 1.42. The van der Waals surface area contributed by atoms with Crippen LogP contribution in [-0.4, -0.2) is 36.6 Å². The third kappa shape index (κ3) is 4.42. The van der Waals surface area contributed by atoms with Gasteiger partial charge in [-0.05, 0) is 25.3 Å². The molecule has 1 unspecified atom stereocenters. The van der Waals surface area contributed by atoms with E-state index in [2.05, 4.69) is 37.9 Å². The van der Waals surface area contributed by atoms with Gasteiger partial charge in [0.1, 0.15) is 0 Å². The number of rotatable bonds is 7. The number of likely N-dealkylation sites (tertiary alicyclic amines) is 1. The molecular formula is C14H30N2. The van der Waals surface area contributed by atoms with Gasteiger partial charge in [-0.2, -0.15) is 0 Å². The predicted molar refractivity (Wildman–Crippen MR) is 71.8 cm³/mol. The fourth-order valence-electron chi connectivity index (χ4n) is 2.62. The summed E-state index contributed by atoms with van der Waals surface area (Å²) in [5.74, 6) is 0.902. The maximum Gasteiger partial charge on any atom is 0.0221 e. The van der Waals surface area contributed by atoms with Crippen LogP contribution in [0.1, 0.15) is 53.4 Å². The lowest BCUT2D eigenvalue weighted by Crippen LogP contribution is -2.42. The maximum absolute atomic E-state index is 3.59. The zero-order valence-electron chi connectivity index (χ0n) is 11.6. The summed E-state index contributed by atoms with van der Waals surface area (Å²) < 4.78 is 0. The fraction of sp³-hybridized carbons (Fsp3) is 1.00. The molecule has 1 aliphatic heterocycles. The second-order valence-electron chi connectivity index (χ2n) is 5.54. The third-order valence-electron chi connectivity index (χ3n) is 3.91. The van der Waals surface area contributed by atoms with Crippen molar-refractivity contribution in [2.75, 3.05) is 19.6 Å². The SMILES string of the molecule is CCC(CC)CN1CCCC1CNC(C)C. The van der Waals surface area contributed by atoms with Crippen molar-refractivity contribution in [2.45, 2.75) is 65.5 Å². The smallest absolute Gasteiger partial charge is 0.0221 e. The van der Waals surface area contributed by atoms with Crippen molar-refractivity contribution < 1.29 is 0 Å². The van der Waals surface area contributed by atoms with Gasteiger partial charge >= 0.3 is 0 Å². The highest BCUT2D eigenvalue weighted by Gasteiger charge is 2.25. The Morgan fingerprint density at radius 1 is 1.25 bits per heavy atom. The van der Waals surface area contributed by atoms with E-state index in [1.807, 2.05) is 0 Å². The van der Waals surface area contributed by atoms with Crippen LogP contribution in [0.5, 0.6) is 0 Å². The number of hydrogen-bond donors (Lipinski definition) is 1. The zero-order chi connectivity index (χ0) is 12.0. The monoisotopic (exact) mass is 226 g/mol. The second kappa shape index (κ2) is 7.29. The molecule has 0 spiro atoms. The zero-order valence-corrected chi connectivity index (χ0v) is 11.6. The Morgan fingerprint density at radius 3 is 2.50 bits per heavy atom. The van der Waals surface area contributed by atoms with Crippen LogP contribution in [-0.2, 0) is 0 Å². The molecule has 1 aliphatic rings. The van der Waals surface area contributed by atoms with Crippen LogP contribution in [0.25, 0.3) is 0 Å². The van der Waals surface area contributed by atoms with Crippen molar-refractivity contribution in [1.29, 1.82) is 0 Å². The van der Waals surface area contributed by atoms with Crippen LogP contribution in [0.3, 0.4) is 0 Å². The minimum Gasteiger partial charge on any atom is -0.313 e. The Balaban J connectivity index is 2.33. The molecule has 0 aromatic carbocycles. The molecule has 0 aromatic rings. The van der Waals surface area contributed by atoms with E-state index in [4.69, 9.17) is 0 Å². The predicted octanol–water partition coefficient (Wildman–Crippen LogP) is 2.89. The maximum atomic E-state index is 3.59. The minimum absolute atomic E-state index is 0.621. The summed E-state index contributed by atoms with van der Waals surface area (Å²) in [4.78, 5) is 2.72. The van der Waals surface area contributed by atoms with E-state index in [1.165, 1.54) is 45.3 Å². The Kier molecular flexibility index (Phi) is 6.37. The molecule has 0 saturated carbocycles. The van der Waals surface area contributed by atoms with Gasteiger partial charge in [0.05, 0.1) is 0 Å². The average Bonchev–Trinajstić information content (AvgIpc) is 2.70. The molecule has 2 heteroatoms. The summed E-state index contributed by atoms with van der Waals surface area (Å²) in [5.41, 5.74) is 0. The van der Waals surface area contributed by atoms with Crippen LogP contribution in [0.4, 0.5) is 0 Å². The Hall–Kier alpha value is -0.0800. The molecule has 1 rings (SSSR count). The molecule has 1 atom stereocenters. The quantitative estimate of drug-likeness (QED) is 0.718. The van der Waals surface area contributed by atoms with E-state index in [0.717, 1.165) is 12.0 Å². The third-order valence-corrected chi connectivity index (χ3v) is 3.91. The summed E-state index contributed by atoms with van der Waals surface area (Å²) in [6.07, 6.45) is 5.44. The molecule has 0 amide bonds. The molecule has 0 bridgehead atoms. The molecule has 1 saturated heterocycles. The molecule has 0 aromatic heterocycles. The van der Waals surface area contributed by atoms with Crippen LogP contribution in [0.2, 0.25) is 0 Å². The number of nitrogens with one attached hydrogen (secondary N) is 1. The molecular weight excluding hydrogens is 196 g/mol. The topological polar surface area (TPSA) is 15.3 Å². The van der Waals surface area contributed by atoms with Crippen molar-refractivity contribution in [3.8, 4) is 0 Å². The van der Waals surface area contributed by atoms with Crippen LogP contribution < -0.4 is 5.32 Å². The molecule has 2 nitrogen and oxygen atoms in total. The van der Waals surface area contributed by atoms with Crippen LogP contribution in [0, 0.1) is 5.92 Å². The van der Waals surface area contributed by atoms with Crippen molar-refractivity contribution in [1.82, 2.24) is 10.2 Å². The van der Waals surface area contributed by atoms with Crippen LogP contribution in [0.15, 0.2) is 0 Å². The lowest BCUT2D eigenvalue weighted by molar-refractivity contribution is 0.202. The Morgan fingerprint density at radius 2 is 1.94 bits per heavy atom. The van der Waals surface area contributed by atoms with Crippen molar-refractivity contribution in [3.63, 3.8) is 0 Å². The van der Waals surface area contributed by atoms with E-state index in [-0.39, 0.29) is 0 Å². The van der Waals surface area contributed by atoms with E-state index in [1.54, 1.807) is 0 Å². The van der Waals surface area contributed by atoms with E-state index in [0.29, 0.717) is 6.04 Å². The van der Waals surface area contributed by atoms with Gasteiger partial charge in [0.2, 0.25) is 0 Å². The lowest BCUT2D eigenvalue weighted by atomic mass is 10.0. The molecule has 96 valence electrons. The second-order valence-corrected chi connectivity index (χ2v) is 5.54. The average molecular weight is 226 g/mol. The fourth-order valence-corrected chi connectivity index (χ4v) is 2.62. The molecule has 0 aliphatic carbocycles. The summed E-state index contributed by atoms with van der Waals surface area (Å²) >= 11 is 0. The van der Waals surface area contributed by atoms with Gasteiger partial charge in [0, 0.05) is 25.2 Å². The summed E-state index contributed by atoms with van der Waals surface area (Å²) in [7, 11) is 0.